The number of thioether (sulfide) groups is 1. The predicted octanol–water partition coefficient (Wildman–Crippen LogP) is 5.72. The van der Waals surface area contributed by atoms with Crippen LogP contribution in [0, 0.1) is 6.92 Å². The highest BCUT2D eigenvalue weighted by Gasteiger charge is 2.24. The van der Waals surface area contributed by atoms with E-state index in [2.05, 4.69) is 25.3 Å². The molecule has 0 aliphatic heterocycles. The summed E-state index contributed by atoms with van der Waals surface area (Å²) in [5.74, 6) is 0.894. The van der Waals surface area contributed by atoms with Gasteiger partial charge in [-0.2, -0.15) is 5.10 Å². The lowest BCUT2D eigenvalue weighted by atomic mass is 9.95. The zero-order valence-corrected chi connectivity index (χ0v) is 19.6. The lowest BCUT2D eigenvalue weighted by Crippen LogP contribution is -2.20. The molecule has 162 valence electrons. The summed E-state index contributed by atoms with van der Waals surface area (Å²) < 4.78 is 2.21. The van der Waals surface area contributed by atoms with Crippen LogP contribution in [0.4, 0.5) is 0 Å². The second-order valence-corrected chi connectivity index (χ2v) is 9.85. The standard InChI is InChI=1S/C22H24ClN5OS2/c1-15-11-12-30-19(15)13-24-25-20(29)14-31-22-27-26-21(16-7-9-17(23)10-8-16)28(22)18-5-3-2-4-6-18/h7-13,18H,2-6,14H2,1H3,(H,25,29)/b24-13-. The fourth-order valence-corrected chi connectivity index (χ4v) is 5.39. The number of nitrogens with zero attached hydrogens (tertiary/aromatic N) is 4. The maximum Gasteiger partial charge on any atom is 0.250 e. The van der Waals surface area contributed by atoms with Crippen molar-refractivity contribution in [3.63, 3.8) is 0 Å². The average molecular weight is 474 g/mol. The molecule has 2 aromatic heterocycles. The molecule has 1 aliphatic carbocycles. The van der Waals surface area contributed by atoms with Gasteiger partial charge in [0.25, 0.3) is 5.91 Å². The second kappa shape index (κ2) is 10.4. The van der Waals surface area contributed by atoms with E-state index in [9.17, 15) is 4.79 Å². The lowest BCUT2D eigenvalue weighted by molar-refractivity contribution is -0.118. The Bertz CT molecular complexity index is 1050. The first-order chi connectivity index (χ1) is 15.1. The lowest BCUT2D eigenvalue weighted by Gasteiger charge is -2.25. The van der Waals surface area contributed by atoms with Crippen LogP contribution in [-0.2, 0) is 4.79 Å². The Morgan fingerprint density at radius 2 is 2.03 bits per heavy atom. The number of aromatic nitrogens is 3. The summed E-state index contributed by atoms with van der Waals surface area (Å²) in [6, 6.07) is 10.0. The molecule has 6 nitrogen and oxygen atoms in total. The number of amides is 1. The number of thiophene rings is 1. The Hall–Kier alpha value is -2.16. The van der Waals surface area contributed by atoms with Crippen LogP contribution in [0.2, 0.25) is 5.02 Å². The molecule has 1 amide bonds. The Morgan fingerprint density at radius 3 is 2.74 bits per heavy atom. The number of carbonyl (C=O) groups is 1. The van der Waals surface area contributed by atoms with Crippen molar-refractivity contribution in [3.8, 4) is 11.4 Å². The summed E-state index contributed by atoms with van der Waals surface area (Å²) in [5, 5.41) is 16.4. The van der Waals surface area contributed by atoms with Crippen molar-refractivity contribution >= 4 is 46.8 Å². The molecule has 1 fully saturated rings. The first-order valence-corrected chi connectivity index (χ1v) is 12.6. The van der Waals surface area contributed by atoms with Gasteiger partial charge in [0.05, 0.1) is 12.0 Å². The molecule has 0 saturated heterocycles. The quantitative estimate of drug-likeness (QED) is 0.271. The van der Waals surface area contributed by atoms with Crippen LogP contribution in [0.1, 0.15) is 48.6 Å². The van der Waals surface area contributed by atoms with Crippen LogP contribution in [-0.4, -0.2) is 32.6 Å². The molecular formula is C22H24ClN5OS2. The van der Waals surface area contributed by atoms with E-state index in [-0.39, 0.29) is 11.7 Å². The molecule has 1 aliphatic rings. The van der Waals surface area contributed by atoms with E-state index in [1.54, 1.807) is 17.6 Å². The van der Waals surface area contributed by atoms with E-state index in [0.717, 1.165) is 39.8 Å². The average Bonchev–Trinajstić information content (AvgIpc) is 3.39. The number of hydrogen-bond donors (Lipinski definition) is 1. The molecule has 1 N–H and O–H groups in total. The minimum atomic E-state index is -0.165. The first kappa shape index (κ1) is 22.0. The van der Waals surface area contributed by atoms with E-state index in [1.807, 2.05) is 42.6 Å². The third-order valence-electron chi connectivity index (χ3n) is 5.31. The van der Waals surface area contributed by atoms with E-state index in [4.69, 9.17) is 11.6 Å². The molecule has 2 heterocycles. The van der Waals surface area contributed by atoms with Crippen molar-refractivity contribution in [2.45, 2.75) is 50.2 Å². The van der Waals surface area contributed by atoms with Gasteiger partial charge in [0.1, 0.15) is 0 Å². The van der Waals surface area contributed by atoms with Gasteiger partial charge in [-0.25, -0.2) is 5.43 Å². The van der Waals surface area contributed by atoms with Gasteiger partial charge in [-0.15, -0.1) is 21.5 Å². The molecule has 31 heavy (non-hydrogen) atoms. The molecule has 1 aromatic carbocycles. The highest BCUT2D eigenvalue weighted by molar-refractivity contribution is 7.99. The molecule has 4 rings (SSSR count). The number of hydrazone groups is 1. The van der Waals surface area contributed by atoms with Gasteiger partial charge in [-0.3, -0.25) is 9.36 Å². The Morgan fingerprint density at radius 1 is 1.26 bits per heavy atom. The van der Waals surface area contributed by atoms with Crippen molar-refractivity contribution in [2.24, 2.45) is 5.10 Å². The fraction of sp³-hybridized carbons (Fsp3) is 0.364. The van der Waals surface area contributed by atoms with Crippen LogP contribution in [0.25, 0.3) is 11.4 Å². The third-order valence-corrected chi connectivity index (χ3v) is 7.46. The topological polar surface area (TPSA) is 72.2 Å². The summed E-state index contributed by atoms with van der Waals surface area (Å²) >= 11 is 9.05. The summed E-state index contributed by atoms with van der Waals surface area (Å²) in [5.41, 5.74) is 4.73. The fourth-order valence-electron chi connectivity index (χ4n) is 3.68. The number of carbonyl (C=O) groups excluding carboxylic acids is 1. The predicted molar refractivity (Wildman–Crippen MR) is 128 cm³/mol. The van der Waals surface area contributed by atoms with Gasteiger partial charge >= 0.3 is 0 Å². The molecule has 9 heteroatoms. The molecule has 0 unspecified atom stereocenters. The van der Waals surface area contributed by atoms with E-state index < -0.39 is 0 Å². The molecule has 0 atom stereocenters. The molecule has 0 spiro atoms. The second-order valence-electron chi connectivity index (χ2n) is 7.52. The molecular weight excluding hydrogens is 450 g/mol. The third kappa shape index (κ3) is 5.56. The van der Waals surface area contributed by atoms with Crippen molar-refractivity contribution < 1.29 is 4.79 Å². The maximum absolute atomic E-state index is 12.3. The highest BCUT2D eigenvalue weighted by atomic mass is 35.5. The normalized spacial score (nSPS) is 14.9. The summed E-state index contributed by atoms with van der Waals surface area (Å²) in [6.07, 6.45) is 7.55. The molecule has 0 radical (unpaired) electrons. The Balaban J connectivity index is 1.47. The van der Waals surface area contributed by atoms with Crippen LogP contribution in [0.5, 0.6) is 0 Å². The monoisotopic (exact) mass is 473 g/mol. The van der Waals surface area contributed by atoms with E-state index >= 15 is 0 Å². The summed E-state index contributed by atoms with van der Waals surface area (Å²) in [7, 11) is 0. The number of nitrogens with one attached hydrogen (secondary N) is 1. The first-order valence-electron chi connectivity index (χ1n) is 10.3. The SMILES string of the molecule is Cc1ccsc1/C=N\NC(=O)CSc1nnc(-c2ccc(Cl)cc2)n1C1CCCCC1. The van der Waals surface area contributed by atoms with Crippen LogP contribution in [0.3, 0.4) is 0 Å². The zero-order valence-electron chi connectivity index (χ0n) is 17.3. The van der Waals surface area contributed by atoms with Crippen molar-refractivity contribution in [1.29, 1.82) is 0 Å². The Labute approximate surface area is 195 Å². The Kier molecular flexibility index (Phi) is 7.42. The van der Waals surface area contributed by atoms with Gasteiger partial charge in [0, 0.05) is 21.5 Å². The molecule has 1 saturated carbocycles. The van der Waals surface area contributed by atoms with E-state index in [0.29, 0.717) is 11.1 Å². The minimum Gasteiger partial charge on any atom is -0.299 e. The van der Waals surface area contributed by atoms with Gasteiger partial charge in [-0.05, 0) is 61.0 Å². The van der Waals surface area contributed by atoms with Gasteiger partial charge in [-0.1, -0.05) is 42.6 Å². The molecule has 0 bridgehead atoms. The van der Waals surface area contributed by atoms with E-state index in [1.165, 1.54) is 31.0 Å². The van der Waals surface area contributed by atoms with Crippen LogP contribution in [0.15, 0.2) is 46.0 Å². The van der Waals surface area contributed by atoms with Crippen molar-refractivity contribution in [2.75, 3.05) is 5.75 Å². The van der Waals surface area contributed by atoms with Gasteiger partial charge < -0.3 is 0 Å². The van der Waals surface area contributed by atoms with Crippen molar-refractivity contribution in [3.05, 3.63) is 51.2 Å². The highest BCUT2D eigenvalue weighted by Crippen LogP contribution is 2.35. The number of aryl methyl sites for hydroxylation is 1. The van der Waals surface area contributed by atoms with Crippen LogP contribution >= 0.6 is 34.7 Å². The maximum atomic E-state index is 12.3. The van der Waals surface area contributed by atoms with Gasteiger partial charge in [0.2, 0.25) is 0 Å². The van der Waals surface area contributed by atoms with Crippen molar-refractivity contribution in [1.82, 2.24) is 20.2 Å². The number of hydrogen-bond acceptors (Lipinski definition) is 6. The summed E-state index contributed by atoms with van der Waals surface area (Å²) in [4.78, 5) is 13.4. The minimum absolute atomic E-state index is 0.165. The smallest absolute Gasteiger partial charge is 0.250 e. The largest absolute Gasteiger partial charge is 0.299 e. The summed E-state index contributed by atoms with van der Waals surface area (Å²) in [6.45, 7) is 2.02. The van der Waals surface area contributed by atoms with Gasteiger partial charge in [0.15, 0.2) is 11.0 Å². The number of benzene rings is 1. The number of halogens is 1. The number of rotatable bonds is 7. The molecule has 3 aromatic rings. The van der Waals surface area contributed by atoms with Crippen LogP contribution < -0.4 is 5.43 Å². The zero-order chi connectivity index (χ0) is 21.6.